The molecule has 0 bridgehead atoms. The molecule has 0 saturated carbocycles. The van der Waals surface area contributed by atoms with Crippen molar-refractivity contribution < 1.29 is 32.2 Å². The fourth-order valence-electron chi connectivity index (χ4n) is 1.82. The second-order valence-corrected chi connectivity index (χ2v) is 5.56. The highest BCUT2D eigenvalue weighted by atomic mass is 32.1. The van der Waals surface area contributed by atoms with E-state index >= 15 is 0 Å². The highest BCUT2D eigenvalue weighted by Crippen LogP contribution is 2.36. The summed E-state index contributed by atoms with van der Waals surface area (Å²) in [6, 6.07) is -0.626. The van der Waals surface area contributed by atoms with Crippen molar-refractivity contribution in [1.29, 1.82) is 0 Å². The van der Waals surface area contributed by atoms with Crippen molar-refractivity contribution in [1.82, 2.24) is 15.1 Å². The number of anilines is 1. The Kier molecular flexibility index (Phi) is 5.04. The van der Waals surface area contributed by atoms with Gasteiger partial charge in [-0.15, -0.1) is 10.2 Å². The molecule has 1 aromatic rings. The van der Waals surface area contributed by atoms with E-state index in [2.05, 4.69) is 10.2 Å². The molecule has 128 valence electrons. The van der Waals surface area contributed by atoms with Crippen molar-refractivity contribution in [3.8, 4) is 0 Å². The van der Waals surface area contributed by atoms with Crippen molar-refractivity contribution in [2.45, 2.75) is 18.8 Å². The van der Waals surface area contributed by atoms with Crippen LogP contribution in [0.5, 0.6) is 0 Å². The summed E-state index contributed by atoms with van der Waals surface area (Å²) in [5, 5.41) is 4.94. The van der Waals surface area contributed by atoms with Crippen LogP contribution in [0.2, 0.25) is 0 Å². The van der Waals surface area contributed by atoms with Gasteiger partial charge in [-0.25, -0.2) is 9.69 Å². The van der Waals surface area contributed by atoms with Crippen molar-refractivity contribution in [2.75, 3.05) is 32.2 Å². The van der Waals surface area contributed by atoms with Crippen LogP contribution < -0.4 is 4.90 Å². The Morgan fingerprint density at radius 1 is 1.43 bits per heavy atom. The van der Waals surface area contributed by atoms with Crippen LogP contribution in [0.15, 0.2) is 0 Å². The van der Waals surface area contributed by atoms with E-state index in [9.17, 15) is 22.8 Å². The van der Waals surface area contributed by atoms with Gasteiger partial charge in [0.2, 0.25) is 16.4 Å². The molecule has 1 atom stereocenters. The lowest BCUT2D eigenvalue weighted by molar-refractivity contribution is -0.149. The number of likely N-dealkylation sites (N-methyl/N-ethyl adjacent to an activating group) is 1. The molecule has 0 N–H and O–H groups in total. The number of methoxy groups -OCH3 is 1. The quantitative estimate of drug-likeness (QED) is 0.742. The number of esters is 1. The SMILES string of the molecule is COCCC(=O)OC1CN(C)C(=O)N1c1nnc(C(F)(F)F)s1. The van der Waals surface area contributed by atoms with Gasteiger partial charge in [0.25, 0.3) is 0 Å². The number of ether oxygens (including phenoxy) is 2. The normalized spacial score (nSPS) is 18.7. The predicted molar refractivity (Wildman–Crippen MR) is 71.8 cm³/mol. The molecule has 2 amide bonds. The van der Waals surface area contributed by atoms with Gasteiger partial charge in [0.15, 0.2) is 0 Å². The summed E-state index contributed by atoms with van der Waals surface area (Å²) < 4.78 is 47.7. The average molecular weight is 354 g/mol. The second kappa shape index (κ2) is 6.66. The Bertz CT molecular complexity index is 594. The average Bonchev–Trinajstić information content (AvgIpc) is 3.03. The number of amides is 2. The monoisotopic (exact) mass is 354 g/mol. The highest BCUT2D eigenvalue weighted by molar-refractivity contribution is 7.15. The Morgan fingerprint density at radius 2 is 2.13 bits per heavy atom. The maximum Gasteiger partial charge on any atom is 0.445 e. The molecule has 8 nitrogen and oxygen atoms in total. The number of alkyl halides is 3. The Morgan fingerprint density at radius 3 is 2.70 bits per heavy atom. The molecule has 1 unspecified atom stereocenters. The standard InChI is InChI=1S/C11H13F3N4O4S/c1-17-5-6(22-7(19)3-4-21-2)18(10(17)20)9-16-15-8(23-9)11(12,13)14/h6H,3-5H2,1-2H3. The molecule has 0 spiro atoms. The van der Waals surface area contributed by atoms with Gasteiger partial charge in [0, 0.05) is 14.2 Å². The third-order valence-corrected chi connectivity index (χ3v) is 3.86. The van der Waals surface area contributed by atoms with Gasteiger partial charge in [0.05, 0.1) is 19.6 Å². The number of aromatic nitrogens is 2. The highest BCUT2D eigenvalue weighted by Gasteiger charge is 2.43. The van der Waals surface area contributed by atoms with Gasteiger partial charge < -0.3 is 14.4 Å². The molecule has 0 aliphatic carbocycles. The van der Waals surface area contributed by atoms with E-state index in [-0.39, 0.29) is 36.0 Å². The minimum atomic E-state index is -4.66. The summed E-state index contributed by atoms with van der Waals surface area (Å²) in [5.41, 5.74) is 0. The Labute approximate surface area is 132 Å². The van der Waals surface area contributed by atoms with E-state index < -0.39 is 29.4 Å². The van der Waals surface area contributed by atoms with Crippen LogP contribution in [-0.2, 0) is 20.4 Å². The van der Waals surface area contributed by atoms with Crippen molar-refractivity contribution in [2.24, 2.45) is 0 Å². The van der Waals surface area contributed by atoms with Gasteiger partial charge in [-0.05, 0) is 0 Å². The molecule has 1 aromatic heterocycles. The third-order valence-electron chi connectivity index (χ3n) is 2.89. The van der Waals surface area contributed by atoms with E-state index in [1.54, 1.807) is 0 Å². The van der Waals surface area contributed by atoms with E-state index in [0.717, 1.165) is 4.90 Å². The number of rotatable bonds is 5. The van der Waals surface area contributed by atoms with Gasteiger partial charge in [-0.2, -0.15) is 13.2 Å². The largest absolute Gasteiger partial charge is 0.445 e. The van der Waals surface area contributed by atoms with Crippen LogP contribution >= 0.6 is 11.3 Å². The number of halogens is 3. The topological polar surface area (TPSA) is 84.9 Å². The zero-order valence-electron chi connectivity index (χ0n) is 12.2. The fourth-order valence-corrected chi connectivity index (χ4v) is 2.57. The summed E-state index contributed by atoms with van der Waals surface area (Å²) in [5.74, 6) is -0.634. The first kappa shape index (κ1) is 17.4. The minimum Gasteiger partial charge on any atom is -0.439 e. The van der Waals surface area contributed by atoms with Crippen molar-refractivity contribution >= 4 is 28.5 Å². The van der Waals surface area contributed by atoms with E-state index in [4.69, 9.17) is 9.47 Å². The smallest absolute Gasteiger partial charge is 0.439 e. The number of carbonyl (C=O) groups is 2. The summed E-state index contributed by atoms with van der Waals surface area (Å²) in [6.07, 6.45) is -5.76. The zero-order chi connectivity index (χ0) is 17.2. The number of hydrogen-bond donors (Lipinski definition) is 0. The van der Waals surface area contributed by atoms with Gasteiger partial charge in [-0.1, -0.05) is 11.3 Å². The van der Waals surface area contributed by atoms with Gasteiger partial charge in [0.1, 0.15) is 0 Å². The van der Waals surface area contributed by atoms with Crippen LogP contribution in [0.4, 0.5) is 23.1 Å². The third kappa shape index (κ3) is 3.88. The summed E-state index contributed by atoms with van der Waals surface area (Å²) in [7, 11) is 2.84. The molecule has 23 heavy (non-hydrogen) atoms. The number of urea groups is 1. The van der Waals surface area contributed by atoms with Crippen LogP contribution in [0, 0.1) is 0 Å². The summed E-state index contributed by atoms with van der Waals surface area (Å²) >= 11 is 0.207. The Balaban J connectivity index is 2.17. The van der Waals surface area contributed by atoms with E-state index in [1.807, 2.05) is 0 Å². The molecule has 0 radical (unpaired) electrons. The fraction of sp³-hybridized carbons (Fsp3) is 0.636. The van der Waals surface area contributed by atoms with Gasteiger partial charge >= 0.3 is 18.2 Å². The number of hydrogen-bond acceptors (Lipinski definition) is 7. The maximum absolute atomic E-state index is 12.6. The zero-order valence-corrected chi connectivity index (χ0v) is 13.0. The first-order chi connectivity index (χ1) is 10.7. The molecule has 0 aromatic carbocycles. The van der Waals surface area contributed by atoms with E-state index in [1.165, 1.54) is 19.1 Å². The molecule has 2 rings (SSSR count). The molecule has 1 saturated heterocycles. The first-order valence-electron chi connectivity index (χ1n) is 6.37. The van der Waals surface area contributed by atoms with Crippen molar-refractivity contribution in [3.05, 3.63) is 5.01 Å². The summed E-state index contributed by atoms with van der Waals surface area (Å²) in [4.78, 5) is 25.8. The van der Waals surface area contributed by atoms with Crippen LogP contribution in [0.3, 0.4) is 0 Å². The maximum atomic E-state index is 12.6. The molecule has 1 aliphatic rings. The van der Waals surface area contributed by atoms with Crippen molar-refractivity contribution in [3.63, 3.8) is 0 Å². The lowest BCUT2D eigenvalue weighted by atomic mass is 10.4. The number of nitrogens with zero attached hydrogens (tertiary/aromatic N) is 4. The molecule has 1 fully saturated rings. The first-order valence-corrected chi connectivity index (χ1v) is 7.19. The molecule has 12 heteroatoms. The Hall–Kier alpha value is -1.95. The lowest BCUT2D eigenvalue weighted by Crippen LogP contribution is -2.37. The van der Waals surface area contributed by atoms with Gasteiger partial charge in [-0.3, -0.25) is 4.79 Å². The molecular formula is C11H13F3N4O4S. The minimum absolute atomic E-state index is 0.0124. The second-order valence-electron chi connectivity index (χ2n) is 4.61. The number of carbonyl (C=O) groups excluding carboxylic acids is 2. The van der Waals surface area contributed by atoms with Crippen LogP contribution in [-0.4, -0.2) is 60.6 Å². The van der Waals surface area contributed by atoms with Crippen LogP contribution in [0.1, 0.15) is 11.4 Å². The van der Waals surface area contributed by atoms with E-state index in [0.29, 0.717) is 0 Å². The summed E-state index contributed by atoms with van der Waals surface area (Å²) in [6.45, 7) is 0.144. The molecule has 1 aliphatic heterocycles. The molecular weight excluding hydrogens is 341 g/mol. The predicted octanol–water partition coefficient (Wildman–Crippen LogP) is 1.33. The van der Waals surface area contributed by atoms with Crippen LogP contribution in [0.25, 0.3) is 0 Å². The lowest BCUT2D eigenvalue weighted by Gasteiger charge is -2.19. The molecule has 2 heterocycles.